The molecule has 0 saturated heterocycles. The number of rotatable bonds is 5. The molecule has 1 aliphatic carbocycles. The largest absolute Gasteiger partial charge is 0.367 e. The van der Waals surface area contributed by atoms with E-state index < -0.39 is 0 Å². The molecule has 134 valence electrons. The number of carbonyl (C=O) groups is 1. The van der Waals surface area contributed by atoms with Crippen LogP contribution in [0.4, 0.5) is 0 Å². The summed E-state index contributed by atoms with van der Waals surface area (Å²) >= 11 is 0. The van der Waals surface area contributed by atoms with Crippen LogP contribution < -0.4 is 5.32 Å². The van der Waals surface area contributed by atoms with Gasteiger partial charge in [0.2, 0.25) is 0 Å². The summed E-state index contributed by atoms with van der Waals surface area (Å²) < 4.78 is 2.05. The maximum absolute atomic E-state index is 12.9. The molecular weight excluding hydrogens is 324 g/mol. The molecule has 0 fully saturated rings. The molecule has 5 nitrogen and oxygen atoms in total. The SMILES string of the molecule is CCn1ncc2c1CCCC2NC(=O)c1c[nH]cc1Cc1ccccc1. The maximum atomic E-state index is 12.9. The molecule has 0 spiro atoms. The van der Waals surface area contributed by atoms with Crippen LogP contribution in [0.3, 0.4) is 0 Å². The molecule has 0 radical (unpaired) electrons. The van der Waals surface area contributed by atoms with Gasteiger partial charge in [-0.15, -0.1) is 0 Å². The van der Waals surface area contributed by atoms with E-state index in [4.69, 9.17) is 0 Å². The standard InChI is InChI=1S/C21H24N4O/c1-2-25-20-10-6-9-19(18(20)14-23-25)24-21(26)17-13-22-12-16(17)11-15-7-4-3-5-8-15/h3-5,7-8,12-14,19,22H,2,6,9-11H2,1H3,(H,24,26). The third-order valence-corrected chi connectivity index (χ3v) is 5.18. The number of nitrogens with zero attached hydrogens (tertiary/aromatic N) is 2. The van der Waals surface area contributed by atoms with Gasteiger partial charge in [-0.25, -0.2) is 0 Å². The summed E-state index contributed by atoms with van der Waals surface area (Å²) in [6.07, 6.45) is 9.47. The number of aromatic nitrogens is 3. The van der Waals surface area contributed by atoms with E-state index in [2.05, 4.69) is 34.5 Å². The van der Waals surface area contributed by atoms with Crippen LogP contribution in [0.25, 0.3) is 0 Å². The number of carbonyl (C=O) groups excluding carboxylic acids is 1. The molecule has 5 heteroatoms. The second kappa shape index (κ2) is 7.20. The second-order valence-electron chi connectivity index (χ2n) is 6.84. The maximum Gasteiger partial charge on any atom is 0.253 e. The normalized spacial score (nSPS) is 16.3. The van der Waals surface area contributed by atoms with Gasteiger partial charge in [0.25, 0.3) is 5.91 Å². The average Bonchev–Trinajstić information content (AvgIpc) is 3.29. The second-order valence-corrected chi connectivity index (χ2v) is 6.84. The fourth-order valence-electron chi connectivity index (χ4n) is 3.85. The minimum Gasteiger partial charge on any atom is -0.367 e. The number of H-pyrrole nitrogens is 1. The van der Waals surface area contributed by atoms with E-state index in [1.54, 1.807) is 6.20 Å². The topological polar surface area (TPSA) is 62.7 Å². The van der Waals surface area contributed by atoms with Crippen LogP contribution in [-0.4, -0.2) is 20.7 Å². The number of hydrogen-bond donors (Lipinski definition) is 2. The van der Waals surface area contributed by atoms with Gasteiger partial charge in [-0.2, -0.15) is 5.10 Å². The lowest BCUT2D eigenvalue weighted by Gasteiger charge is -2.24. The molecule has 2 N–H and O–H groups in total. The fraction of sp³-hybridized carbons (Fsp3) is 0.333. The van der Waals surface area contributed by atoms with E-state index in [0.29, 0.717) is 0 Å². The number of amides is 1. The molecule has 1 amide bonds. The van der Waals surface area contributed by atoms with Crippen molar-refractivity contribution in [1.29, 1.82) is 0 Å². The quantitative estimate of drug-likeness (QED) is 0.739. The number of aromatic amines is 1. The number of fused-ring (bicyclic) bond motifs is 1. The highest BCUT2D eigenvalue weighted by atomic mass is 16.1. The minimum atomic E-state index is -0.0146. The van der Waals surface area contributed by atoms with Crippen LogP contribution in [0.2, 0.25) is 0 Å². The molecule has 2 heterocycles. The number of aryl methyl sites for hydroxylation is 1. The molecule has 1 atom stereocenters. The molecule has 0 bridgehead atoms. The highest BCUT2D eigenvalue weighted by Crippen LogP contribution is 2.30. The first-order valence-electron chi connectivity index (χ1n) is 9.31. The van der Waals surface area contributed by atoms with Crippen molar-refractivity contribution < 1.29 is 4.79 Å². The van der Waals surface area contributed by atoms with Crippen LogP contribution in [0, 0.1) is 0 Å². The van der Waals surface area contributed by atoms with Gasteiger partial charge in [-0.05, 0) is 43.7 Å². The first-order chi connectivity index (χ1) is 12.8. The molecule has 0 saturated carbocycles. The summed E-state index contributed by atoms with van der Waals surface area (Å²) in [5.74, 6) is -0.0146. The van der Waals surface area contributed by atoms with Gasteiger partial charge in [0.15, 0.2) is 0 Å². The highest BCUT2D eigenvalue weighted by Gasteiger charge is 2.26. The molecule has 26 heavy (non-hydrogen) atoms. The Labute approximate surface area is 153 Å². The zero-order valence-corrected chi connectivity index (χ0v) is 15.0. The lowest BCUT2D eigenvalue weighted by Crippen LogP contribution is -2.31. The van der Waals surface area contributed by atoms with Gasteiger partial charge >= 0.3 is 0 Å². The zero-order chi connectivity index (χ0) is 17.9. The summed E-state index contributed by atoms with van der Waals surface area (Å²) in [6, 6.07) is 10.3. The molecule has 2 aromatic heterocycles. The van der Waals surface area contributed by atoms with Gasteiger partial charge in [-0.1, -0.05) is 30.3 Å². The highest BCUT2D eigenvalue weighted by molar-refractivity contribution is 5.96. The van der Waals surface area contributed by atoms with Gasteiger partial charge in [-0.3, -0.25) is 9.48 Å². The fourth-order valence-corrected chi connectivity index (χ4v) is 3.85. The van der Waals surface area contributed by atoms with Gasteiger partial charge < -0.3 is 10.3 Å². The summed E-state index contributed by atoms with van der Waals surface area (Å²) in [6.45, 7) is 2.97. The van der Waals surface area contributed by atoms with E-state index in [1.165, 1.54) is 16.8 Å². The first-order valence-corrected chi connectivity index (χ1v) is 9.31. The number of benzene rings is 1. The van der Waals surface area contributed by atoms with E-state index in [-0.39, 0.29) is 11.9 Å². The van der Waals surface area contributed by atoms with E-state index in [0.717, 1.165) is 43.4 Å². The summed E-state index contributed by atoms with van der Waals surface area (Å²) in [4.78, 5) is 16.0. The number of hydrogen-bond acceptors (Lipinski definition) is 2. The summed E-state index contributed by atoms with van der Waals surface area (Å²) in [7, 11) is 0. The first kappa shape index (κ1) is 16.6. The Balaban J connectivity index is 1.52. The lowest BCUT2D eigenvalue weighted by molar-refractivity contribution is 0.0932. The Kier molecular flexibility index (Phi) is 4.61. The molecule has 1 aliphatic rings. The third kappa shape index (κ3) is 3.17. The van der Waals surface area contributed by atoms with E-state index >= 15 is 0 Å². The third-order valence-electron chi connectivity index (χ3n) is 5.18. The summed E-state index contributed by atoms with van der Waals surface area (Å²) in [5.41, 5.74) is 5.39. The predicted octanol–water partition coefficient (Wildman–Crippen LogP) is 3.63. The van der Waals surface area contributed by atoms with Gasteiger partial charge in [0.05, 0.1) is 17.8 Å². The van der Waals surface area contributed by atoms with Gasteiger partial charge in [0, 0.05) is 30.2 Å². The van der Waals surface area contributed by atoms with Crippen LogP contribution in [0.5, 0.6) is 0 Å². The molecule has 1 aromatic carbocycles. The van der Waals surface area contributed by atoms with Crippen molar-refractivity contribution >= 4 is 5.91 Å². The minimum absolute atomic E-state index is 0.0146. The Morgan fingerprint density at radius 1 is 1.31 bits per heavy atom. The Hall–Kier alpha value is -2.82. The predicted molar refractivity (Wildman–Crippen MR) is 101 cm³/mol. The van der Waals surface area contributed by atoms with Crippen LogP contribution in [0.15, 0.2) is 48.9 Å². The van der Waals surface area contributed by atoms with E-state index in [9.17, 15) is 4.79 Å². The van der Waals surface area contributed by atoms with Crippen molar-refractivity contribution in [3.8, 4) is 0 Å². The molecular formula is C21H24N4O. The average molecular weight is 348 g/mol. The molecule has 0 aliphatic heterocycles. The Morgan fingerprint density at radius 3 is 2.96 bits per heavy atom. The summed E-state index contributed by atoms with van der Waals surface area (Å²) in [5, 5.41) is 7.70. The zero-order valence-electron chi connectivity index (χ0n) is 15.0. The van der Waals surface area contributed by atoms with Crippen LogP contribution in [0.1, 0.15) is 58.5 Å². The van der Waals surface area contributed by atoms with Crippen molar-refractivity contribution in [2.24, 2.45) is 0 Å². The Bertz CT molecular complexity index is 894. The molecule has 4 rings (SSSR count). The molecule has 3 aromatic rings. The number of nitrogens with one attached hydrogen (secondary N) is 2. The van der Waals surface area contributed by atoms with Crippen molar-refractivity contribution in [3.05, 3.63) is 76.9 Å². The van der Waals surface area contributed by atoms with Crippen molar-refractivity contribution in [2.75, 3.05) is 0 Å². The smallest absolute Gasteiger partial charge is 0.253 e. The monoisotopic (exact) mass is 348 g/mol. The Morgan fingerprint density at radius 2 is 2.15 bits per heavy atom. The van der Waals surface area contributed by atoms with E-state index in [1.807, 2.05) is 35.3 Å². The van der Waals surface area contributed by atoms with Crippen molar-refractivity contribution in [2.45, 2.75) is 45.2 Å². The van der Waals surface area contributed by atoms with Crippen LogP contribution >= 0.6 is 0 Å². The van der Waals surface area contributed by atoms with Crippen molar-refractivity contribution in [1.82, 2.24) is 20.1 Å². The van der Waals surface area contributed by atoms with Crippen LogP contribution in [-0.2, 0) is 19.4 Å². The lowest BCUT2D eigenvalue weighted by atomic mass is 9.92. The molecule has 1 unspecified atom stereocenters. The van der Waals surface area contributed by atoms with Gasteiger partial charge in [0.1, 0.15) is 0 Å². The van der Waals surface area contributed by atoms with Crippen molar-refractivity contribution in [3.63, 3.8) is 0 Å².